The highest BCUT2D eigenvalue weighted by Gasteiger charge is 2.20. The number of aliphatic hydroxyl groups excluding tert-OH is 1. The zero-order chi connectivity index (χ0) is 16.2. The van der Waals surface area contributed by atoms with Crippen molar-refractivity contribution in [3.63, 3.8) is 0 Å². The summed E-state index contributed by atoms with van der Waals surface area (Å²) in [7, 11) is 0. The molecule has 0 bridgehead atoms. The third-order valence-electron chi connectivity index (χ3n) is 3.74. The predicted molar refractivity (Wildman–Crippen MR) is 88.9 cm³/mol. The smallest absolute Gasteiger partial charge is 0.125 e. The van der Waals surface area contributed by atoms with E-state index in [-0.39, 0.29) is 12.0 Å². The quantitative estimate of drug-likeness (QED) is 0.808. The average Bonchev–Trinajstić information content (AvgIpc) is 2.36. The normalized spacial score (nSPS) is 15.9. The van der Waals surface area contributed by atoms with Crippen LogP contribution in [-0.2, 0) is 0 Å². The van der Waals surface area contributed by atoms with Gasteiger partial charge in [0.15, 0.2) is 0 Å². The molecule has 0 saturated carbocycles. The number of rotatable bonds is 7. The van der Waals surface area contributed by atoms with E-state index in [1.54, 1.807) is 0 Å². The van der Waals surface area contributed by atoms with E-state index in [1.807, 2.05) is 6.92 Å². The Morgan fingerprint density at radius 3 is 2.29 bits per heavy atom. The molecule has 1 aromatic rings. The molecule has 21 heavy (non-hydrogen) atoms. The fraction of sp³-hybridized carbons (Fsp3) is 0.667. The van der Waals surface area contributed by atoms with E-state index in [2.05, 4.69) is 46.8 Å². The van der Waals surface area contributed by atoms with Gasteiger partial charge in [-0.25, -0.2) is 0 Å². The molecular formula is C18H31NO2. The predicted octanol–water partition coefficient (Wildman–Crippen LogP) is 3.54. The third-order valence-corrected chi connectivity index (χ3v) is 3.74. The summed E-state index contributed by atoms with van der Waals surface area (Å²) in [5.41, 5.74) is 9.33. The number of benzene rings is 1. The molecule has 0 fully saturated rings. The number of hydrogen-bond acceptors (Lipinski definition) is 3. The number of nitrogens with two attached hydrogens (primary N) is 1. The zero-order valence-electron chi connectivity index (χ0n) is 14.3. The van der Waals surface area contributed by atoms with Crippen molar-refractivity contribution in [3.8, 4) is 5.75 Å². The van der Waals surface area contributed by atoms with Gasteiger partial charge < -0.3 is 15.6 Å². The summed E-state index contributed by atoms with van der Waals surface area (Å²) in [5, 5.41) is 10.0. The Kier molecular flexibility index (Phi) is 6.69. The molecule has 0 spiro atoms. The third kappa shape index (κ3) is 5.33. The van der Waals surface area contributed by atoms with Crippen molar-refractivity contribution in [2.75, 3.05) is 6.61 Å². The van der Waals surface area contributed by atoms with Crippen LogP contribution in [0.2, 0.25) is 0 Å². The second kappa shape index (κ2) is 7.81. The molecule has 3 unspecified atom stereocenters. The lowest BCUT2D eigenvalue weighted by Crippen LogP contribution is -2.32. The fourth-order valence-electron chi connectivity index (χ4n) is 2.50. The summed E-state index contributed by atoms with van der Waals surface area (Å²) >= 11 is 0. The van der Waals surface area contributed by atoms with E-state index in [4.69, 9.17) is 10.5 Å². The molecule has 3 nitrogen and oxygen atoms in total. The van der Waals surface area contributed by atoms with E-state index in [1.165, 1.54) is 11.1 Å². The Hall–Kier alpha value is -1.06. The Morgan fingerprint density at radius 2 is 1.76 bits per heavy atom. The highest BCUT2D eigenvalue weighted by molar-refractivity contribution is 5.45. The molecular weight excluding hydrogens is 262 g/mol. The molecule has 3 heteroatoms. The molecule has 0 radical (unpaired) electrons. The number of aryl methyl sites for hydroxylation is 2. The molecule has 0 aromatic heterocycles. The highest BCUT2D eigenvalue weighted by Crippen LogP contribution is 2.34. The molecule has 0 aliphatic heterocycles. The Morgan fingerprint density at radius 1 is 1.14 bits per heavy atom. The molecule has 0 aliphatic rings. The molecule has 0 amide bonds. The monoisotopic (exact) mass is 293 g/mol. The van der Waals surface area contributed by atoms with Crippen molar-refractivity contribution in [3.05, 3.63) is 28.8 Å². The average molecular weight is 293 g/mol. The molecule has 3 N–H and O–H groups in total. The van der Waals surface area contributed by atoms with Gasteiger partial charge in [-0.15, -0.1) is 0 Å². The number of hydrogen-bond donors (Lipinski definition) is 2. The van der Waals surface area contributed by atoms with Crippen LogP contribution >= 0.6 is 0 Å². The summed E-state index contributed by atoms with van der Waals surface area (Å²) in [6.07, 6.45) is 0.164. The standard InChI is InChI=1S/C18H31NO2/c1-11(2)10-21-18-14(5)7-12(3)8-16(18)13(4)9-17(20)15(6)19/h7-8,11,13,15,17,20H,9-10,19H2,1-6H3. The van der Waals surface area contributed by atoms with Gasteiger partial charge in [-0.2, -0.15) is 0 Å². The van der Waals surface area contributed by atoms with Crippen molar-refractivity contribution in [2.45, 2.75) is 66.0 Å². The minimum absolute atomic E-state index is 0.210. The van der Waals surface area contributed by atoms with Gasteiger partial charge in [-0.1, -0.05) is 38.5 Å². The van der Waals surface area contributed by atoms with Crippen LogP contribution in [0.3, 0.4) is 0 Å². The van der Waals surface area contributed by atoms with Crippen molar-refractivity contribution >= 4 is 0 Å². The molecule has 1 rings (SSSR count). The van der Waals surface area contributed by atoms with Gasteiger partial charge in [-0.3, -0.25) is 0 Å². The van der Waals surface area contributed by atoms with Gasteiger partial charge in [0.05, 0.1) is 12.7 Å². The van der Waals surface area contributed by atoms with Crippen LogP contribution in [0.4, 0.5) is 0 Å². The van der Waals surface area contributed by atoms with Crippen molar-refractivity contribution in [1.82, 2.24) is 0 Å². The van der Waals surface area contributed by atoms with Crippen LogP contribution < -0.4 is 10.5 Å². The highest BCUT2D eigenvalue weighted by atomic mass is 16.5. The van der Waals surface area contributed by atoms with Crippen LogP contribution in [0, 0.1) is 19.8 Å². The Balaban J connectivity index is 3.02. The van der Waals surface area contributed by atoms with E-state index in [0.717, 1.165) is 11.3 Å². The van der Waals surface area contributed by atoms with Crippen LogP contribution in [0.25, 0.3) is 0 Å². The van der Waals surface area contributed by atoms with Crippen molar-refractivity contribution in [2.24, 2.45) is 11.7 Å². The first kappa shape index (κ1) is 18.0. The largest absolute Gasteiger partial charge is 0.493 e. The van der Waals surface area contributed by atoms with Gasteiger partial charge in [0.2, 0.25) is 0 Å². The topological polar surface area (TPSA) is 55.5 Å². The number of aliphatic hydroxyl groups is 1. The summed E-state index contributed by atoms with van der Waals surface area (Å²) in [5.74, 6) is 1.67. The van der Waals surface area contributed by atoms with Crippen molar-refractivity contribution < 1.29 is 9.84 Å². The first-order valence-corrected chi connectivity index (χ1v) is 7.90. The van der Waals surface area contributed by atoms with Gasteiger partial charge in [0.1, 0.15) is 5.75 Å². The van der Waals surface area contributed by atoms with Gasteiger partial charge >= 0.3 is 0 Å². The Labute approximate surface area is 129 Å². The maximum absolute atomic E-state index is 10.0. The maximum Gasteiger partial charge on any atom is 0.125 e. The van der Waals surface area contributed by atoms with Crippen molar-refractivity contribution in [1.29, 1.82) is 0 Å². The van der Waals surface area contributed by atoms with Crippen LogP contribution in [0.5, 0.6) is 5.75 Å². The lowest BCUT2D eigenvalue weighted by Gasteiger charge is -2.24. The van der Waals surface area contributed by atoms with E-state index >= 15 is 0 Å². The summed E-state index contributed by atoms with van der Waals surface area (Å²) < 4.78 is 6.03. The SMILES string of the molecule is Cc1cc(C)c(OCC(C)C)c(C(C)CC(O)C(C)N)c1. The zero-order valence-corrected chi connectivity index (χ0v) is 14.3. The summed E-state index contributed by atoms with van der Waals surface area (Å²) in [6.45, 7) is 13.1. The Bertz CT molecular complexity index is 455. The molecule has 3 atom stereocenters. The number of ether oxygens (including phenoxy) is 1. The van der Waals surface area contributed by atoms with E-state index in [9.17, 15) is 5.11 Å². The molecule has 0 aliphatic carbocycles. The lowest BCUT2D eigenvalue weighted by atomic mass is 9.90. The molecule has 0 heterocycles. The fourth-order valence-corrected chi connectivity index (χ4v) is 2.50. The van der Waals surface area contributed by atoms with Gasteiger partial charge in [0, 0.05) is 6.04 Å². The minimum Gasteiger partial charge on any atom is -0.493 e. The molecule has 0 saturated heterocycles. The van der Waals surface area contributed by atoms with Crippen LogP contribution in [-0.4, -0.2) is 23.9 Å². The lowest BCUT2D eigenvalue weighted by molar-refractivity contribution is 0.133. The first-order valence-electron chi connectivity index (χ1n) is 7.90. The maximum atomic E-state index is 10.0. The molecule has 1 aromatic carbocycles. The molecule has 120 valence electrons. The van der Waals surface area contributed by atoms with E-state index < -0.39 is 6.10 Å². The minimum atomic E-state index is -0.487. The van der Waals surface area contributed by atoms with Gasteiger partial charge in [0.25, 0.3) is 0 Å². The van der Waals surface area contributed by atoms with E-state index in [0.29, 0.717) is 18.9 Å². The summed E-state index contributed by atoms with van der Waals surface area (Å²) in [6, 6.07) is 4.10. The van der Waals surface area contributed by atoms with Crippen LogP contribution in [0.1, 0.15) is 56.7 Å². The van der Waals surface area contributed by atoms with Gasteiger partial charge in [-0.05, 0) is 50.2 Å². The first-order chi connectivity index (χ1) is 9.72. The van der Waals surface area contributed by atoms with Crippen LogP contribution in [0.15, 0.2) is 12.1 Å². The second-order valence-electron chi connectivity index (χ2n) is 6.77. The summed E-state index contributed by atoms with van der Waals surface area (Å²) in [4.78, 5) is 0. The second-order valence-corrected chi connectivity index (χ2v) is 6.77.